The number of aliphatic imine (C=N–C) groups is 1. The average molecular weight is 368 g/mol. The Bertz CT molecular complexity index is 889. The predicted molar refractivity (Wildman–Crippen MR) is 101 cm³/mol. The molecule has 1 aromatic heterocycles. The van der Waals surface area contributed by atoms with Crippen LogP contribution in [0.4, 0.5) is 4.39 Å². The Labute approximate surface area is 156 Å². The van der Waals surface area contributed by atoms with E-state index in [-0.39, 0.29) is 5.82 Å². The molecule has 0 fully saturated rings. The molecule has 0 aliphatic carbocycles. The first kappa shape index (κ1) is 18.4. The molecule has 2 N–H and O–H groups in total. The van der Waals surface area contributed by atoms with Gasteiger partial charge in [0.15, 0.2) is 5.96 Å². The van der Waals surface area contributed by atoms with Gasteiger partial charge in [-0.3, -0.25) is 9.67 Å². The van der Waals surface area contributed by atoms with E-state index in [9.17, 15) is 4.39 Å². The standard InChI is InChI=1S/C19H21FN6O/c1-21-19(23-12-18-24-13-25-26(18)2)22-11-14-3-7-16(8-4-14)27-17-9-5-15(20)6-10-17/h3-10,13H,11-12H2,1-2H3,(H2,21,22,23). The van der Waals surface area contributed by atoms with Crippen molar-refractivity contribution in [3.05, 3.63) is 72.1 Å². The molecule has 0 bridgehead atoms. The quantitative estimate of drug-likeness (QED) is 0.517. The van der Waals surface area contributed by atoms with Gasteiger partial charge < -0.3 is 15.4 Å². The number of guanidine groups is 1. The molecule has 0 saturated carbocycles. The number of aryl methyl sites for hydroxylation is 1. The molecular weight excluding hydrogens is 347 g/mol. The van der Waals surface area contributed by atoms with E-state index in [4.69, 9.17) is 4.74 Å². The largest absolute Gasteiger partial charge is 0.457 e. The molecule has 27 heavy (non-hydrogen) atoms. The summed E-state index contributed by atoms with van der Waals surface area (Å²) < 4.78 is 20.3. The van der Waals surface area contributed by atoms with Gasteiger partial charge in [0.1, 0.15) is 29.5 Å². The minimum absolute atomic E-state index is 0.287. The van der Waals surface area contributed by atoms with Gasteiger partial charge in [-0.05, 0) is 42.0 Å². The van der Waals surface area contributed by atoms with Crippen molar-refractivity contribution in [3.8, 4) is 11.5 Å². The van der Waals surface area contributed by atoms with Crippen LogP contribution in [-0.2, 0) is 20.1 Å². The first-order valence-corrected chi connectivity index (χ1v) is 8.44. The van der Waals surface area contributed by atoms with Crippen LogP contribution in [0.15, 0.2) is 59.9 Å². The van der Waals surface area contributed by atoms with E-state index in [0.29, 0.717) is 30.5 Å². The maximum atomic E-state index is 12.9. The Balaban J connectivity index is 1.50. The van der Waals surface area contributed by atoms with E-state index in [2.05, 4.69) is 25.7 Å². The highest BCUT2D eigenvalue weighted by Crippen LogP contribution is 2.21. The highest BCUT2D eigenvalue weighted by molar-refractivity contribution is 5.79. The van der Waals surface area contributed by atoms with E-state index in [0.717, 1.165) is 11.4 Å². The second-order valence-electron chi connectivity index (χ2n) is 5.78. The van der Waals surface area contributed by atoms with Gasteiger partial charge in [0.2, 0.25) is 0 Å². The average Bonchev–Trinajstić information content (AvgIpc) is 3.10. The minimum Gasteiger partial charge on any atom is -0.457 e. The van der Waals surface area contributed by atoms with E-state index in [1.165, 1.54) is 18.5 Å². The summed E-state index contributed by atoms with van der Waals surface area (Å²) in [5, 5.41) is 10.5. The summed E-state index contributed by atoms with van der Waals surface area (Å²) in [6.45, 7) is 1.13. The molecule has 140 valence electrons. The fourth-order valence-corrected chi connectivity index (χ4v) is 2.36. The predicted octanol–water partition coefficient (Wildman–Crippen LogP) is 2.61. The fourth-order valence-electron chi connectivity index (χ4n) is 2.36. The summed E-state index contributed by atoms with van der Waals surface area (Å²) in [7, 11) is 3.56. The Morgan fingerprint density at radius 3 is 2.26 bits per heavy atom. The van der Waals surface area contributed by atoms with Gasteiger partial charge in [0, 0.05) is 20.6 Å². The van der Waals surface area contributed by atoms with Crippen LogP contribution in [0, 0.1) is 5.82 Å². The first-order chi connectivity index (χ1) is 13.1. The van der Waals surface area contributed by atoms with Crippen LogP contribution in [0.1, 0.15) is 11.4 Å². The molecular formula is C19H21FN6O. The monoisotopic (exact) mass is 368 g/mol. The fraction of sp³-hybridized carbons (Fsp3) is 0.211. The van der Waals surface area contributed by atoms with Crippen LogP contribution in [0.3, 0.4) is 0 Å². The van der Waals surface area contributed by atoms with Gasteiger partial charge in [-0.25, -0.2) is 9.37 Å². The van der Waals surface area contributed by atoms with Gasteiger partial charge >= 0.3 is 0 Å². The highest BCUT2D eigenvalue weighted by atomic mass is 19.1. The van der Waals surface area contributed by atoms with Gasteiger partial charge in [-0.15, -0.1) is 0 Å². The molecule has 3 rings (SSSR count). The molecule has 7 nitrogen and oxygen atoms in total. The molecule has 0 atom stereocenters. The summed E-state index contributed by atoms with van der Waals surface area (Å²) in [6.07, 6.45) is 1.52. The maximum Gasteiger partial charge on any atom is 0.191 e. The lowest BCUT2D eigenvalue weighted by molar-refractivity contribution is 0.480. The summed E-state index contributed by atoms with van der Waals surface area (Å²) in [5.74, 6) is 2.49. The number of halogens is 1. The van der Waals surface area contributed by atoms with Gasteiger partial charge in [0.25, 0.3) is 0 Å². The third-order valence-electron chi connectivity index (χ3n) is 3.88. The zero-order valence-corrected chi connectivity index (χ0v) is 15.2. The second-order valence-corrected chi connectivity index (χ2v) is 5.78. The second kappa shape index (κ2) is 8.79. The summed E-state index contributed by atoms with van der Waals surface area (Å²) in [6, 6.07) is 13.6. The van der Waals surface area contributed by atoms with Crippen molar-refractivity contribution >= 4 is 5.96 Å². The topological polar surface area (TPSA) is 76.4 Å². The molecule has 1 heterocycles. The first-order valence-electron chi connectivity index (χ1n) is 8.44. The molecule has 0 unspecified atom stereocenters. The Morgan fingerprint density at radius 1 is 1.04 bits per heavy atom. The molecule has 0 aliphatic heterocycles. The minimum atomic E-state index is -0.287. The van der Waals surface area contributed by atoms with Gasteiger partial charge in [0.05, 0.1) is 6.54 Å². The lowest BCUT2D eigenvalue weighted by atomic mass is 10.2. The number of nitrogens with zero attached hydrogens (tertiary/aromatic N) is 4. The van der Waals surface area contributed by atoms with Crippen LogP contribution in [0.2, 0.25) is 0 Å². The Hall–Kier alpha value is -3.42. The molecule has 3 aromatic rings. The molecule has 0 aliphatic rings. The van der Waals surface area contributed by atoms with Crippen LogP contribution >= 0.6 is 0 Å². The van der Waals surface area contributed by atoms with E-state index in [1.807, 2.05) is 31.3 Å². The molecule has 0 spiro atoms. The van der Waals surface area contributed by atoms with Crippen LogP contribution < -0.4 is 15.4 Å². The number of ether oxygens (including phenoxy) is 1. The number of rotatable bonds is 6. The van der Waals surface area contributed by atoms with Crippen LogP contribution in [0.5, 0.6) is 11.5 Å². The Morgan fingerprint density at radius 2 is 1.67 bits per heavy atom. The zero-order valence-electron chi connectivity index (χ0n) is 15.2. The number of nitrogens with one attached hydrogen (secondary N) is 2. The van der Waals surface area contributed by atoms with Crippen molar-refractivity contribution in [2.24, 2.45) is 12.0 Å². The zero-order chi connectivity index (χ0) is 19.1. The molecule has 0 saturated heterocycles. The highest BCUT2D eigenvalue weighted by Gasteiger charge is 2.03. The summed E-state index contributed by atoms with van der Waals surface area (Å²) in [4.78, 5) is 8.36. The normalized spacial score (nSPS) is 11.3. The number of hydrogen-bond acceptors (Lipinski definition) is 4. The van der Waals surface area contributed by atoms with Crippen molar-refractivity contribution in [3.63, 3.8) is 0 Å². The molecule has 8 heteroatoms. The van der Waals surface area contributed by atoms with Crippen molar-refractivity contribution in [1.29, 1.82) is 0 Å². The van der Waals surface area contributed by atoms with Crippen molar-refractivity contribution in [2.45, 2.75) is 13.1 Å². The Kier molecular flexibility index (Phi) is 5.98. The summed E-state index contributed by atoms with van der Waals surface area (Å²) >= 11 is 0. The SMILES string of the molecule is CN=C(NCc1ccc(Oc2ccc(F)cc2)cc1)NCc1ncnn1C. The molecule has 2 aromatic carbocycles. The van der Waals surface area contributed by atoms with Crippen molar-refractivity contribution < 1.29 is 9.13 Å². The third kappa shape index (κ3) is 5.27. The third-order valence-corrected chi connectivity index (χ3v) is 3.88. The summed E-state index contributed by atoms with van der Waals surface area (Å²) in [5.41, 5.74) is 1.07. The molecule has 0 radical (unpaired) electrons. The number of hydrogen-bond donors (Lipinski definition) is 2. The number of benzene rings is 2. The number of aromatic nitrogens is 3. The van der Waals surface area contributed by atoms with E-state index >= 15 is 0 Å². The lowest BCUT2D eigenvalue weighted by Gasteiger charge is -2.12. The van der Waals surface area contributed by atoms with Gasteiger partial charge in [-0.2, -0.15) is 5.10 Å². The smallest absolute Gasteiger partial charge is 0.191 e. The van der Waals surface area contributed by atoms with Crippen molar-refractivity contribution in [2.75, 3.05) is 7.05 Å². The maximum absolute atomic E-state index is 12.9. The lowest BCUT2D eigenvalue weighted by Crippen LogP contribution is -2.36. The van der Waals surface area contributed by atoms with E-state index in [1.54, 1.807) is 23.9 Å². The molecule has 0 amide bonds. The van der Waals surface area contributed by atoms with Crippen LogP contribution in [0.25, 0.3) is 0 Å². The van der Waals surface area contributed by atoms with Crippen molar-refractivity contribution in [1.82, 2.24) is 25.4 Å². The van der Waals surface area contributed by atoms with Crippen LogP contribution in [-0.4, -0.2) is 27.8 Å². The van der Waals surface area contributed by atoms with Gasteiger partial charge in [-0.1, -0.05) is 12.1 Å². The van der Waals surface area contributed by atoms with E-state index < -0.39 is 0 Å².